The van der Waals surface area contributed by atoms with Crippen LogP contribution in [0.2, 0.25) is 0 Å². The van der Waals surface area contributed by atoms with E-state index in [0.29, 0.717) is 5.92 Å². The minimum Gasteiger partial charge on any atom is -0.497 e. The quantitative estimate of drug-likeness (QED) is 0.876. The molecule has 1 aliphatic rings. The lowest BCUT2D eigenvalue weighted by atomic mass is 9.88. The molecule has 2 N–H and O–H groups in total. The van der Waals surface area contributed by atoms with Crippen molar-refractivity contribution in [2.45, 2.75) is 19.9 Å². The Morgan fingerprint density at radius 1 is 1.40 bits per heavy atom. The largest absolute Gasteiger partial charge is 0.497 e. The predicted molar refractivity (Wildman–Crippen MR) is 82.3 cm³/mol. The number of hydrogen-bond donors (Lipinski definition) is 2. The van der Waals surface area contributed by atoms with Crippen LogP contribution < -0.4 is 15.4 Å². The topological polar surface area (TPSA) is 50.4 Å². The number of methoxy groups -OCH3 is 1. The third kappa shape index (κ3) is 3.87. The summed E-state index contributed by atoms with van der Waals surface area (Å²) < 4.78 is 5.20. The Kier molecular flexibility index (Phi) is 6.30. The average molecular weight is 299 g/mol. The molecule has 1 amide bonds. The zero-order valence-electron chi connectivity index (χ0n) is 12.2. The molecule has 1 aromatic carbocycles. The number of rotatable bonds is 5. The maximum atomic E-state index is 12.1. The third-order valence-electron chi connectivity index (χ3n) is 3.89. The van der Waals surface area contributed by atoms with Gasteiger partial charge in [0.2, 0.25) is 5.91 Å². The number of amides is 1. The van der Waals surface area contributed by atoms with Crippen LogP contribution in [0.4, 0.5) is 0 Å². The first kappa shape index (κ1) is 16.8. The summed E-state index contributed by atoms with van der Waals surface area (Å²) >= 11 is 0. The van der Waals surface area contributed by atoms with Gasteiger partial charge in [-0.1, -0.05) is 19.1 Å². The van der Waals surface area contributed by atoms with Crippen molar-refractivity contribution in [1.29, 1.82) is 0 Å². The fourth-order valence-corrected chi connectivity index (χ4v) is 2.22. The van der Waals surface area contributed by atoms with Gasteiger partial charge < -0.3 is 15.4 Å². The summed E-state index contributed by atoms with van der Waals surface area (Å²) in [6.45, 7) is 5.89. The van der Waals surface area contributed by atoms with Gasteiger partial charge in [-0.25, -0.2) is 0 Å². The molecule has 1 heterocycles. The molecule has 1 fully saturated rings. The Morgan fingerprint density at radius 3 is 2.65 bits per heavy atom. The van der Waals surface area contributed by atoms with E-state index in [0.717, 1.165) is 24.4 Å². The van der Waals surface area contributed by atoms with E-state index in [9.17, 15) is 4.79 Å². The van der Waals surface area contributed by atoms with Gasteiger partial charge in [0.05, 0.1) is 13.2 Å². The summed E-state index contributed by atoms with van der Waals surface area (Å²) in [5.41, 5.74) is 1.06. The maximum Gasteiger partial charge on any atom is 0.223 e. The van der Waals surface area contributed by atoms with Crippen LogP contribution in [0.1, 0.15) is 25.5 Å². The van der Waals surface area contributed by atoms with Gasteiger partial charge in [-0.2, -0.15) is 0 Å². The number of halogens is 1. The van der Waals surface area contributed by atoms with Gasteiger partial charge in [0.25, 0.3) is 0 Å². The Hall–Kier alpha value is -1.26. The number of nitrogens with one attached hydrogen (secondary N) is 2. The van der Waals surface area contributed by atoms with Gasteiger partial charge in [0, 0.05) is 5.92 Å². The summed E-state index contributed by atoms with van der Waals surface area (Å²) in [6.07, 6.45) is 0. The van der Waals surface area contributed by atoms with Crippen LogP contribution in [0.25, 0.3) is 0 Å². The molecule has 2 rings (SSSR count). The van der Waals surface area contributed by atoms with E-state index in [2.05, 4.69) is 10.6 Å². The summed E-state index contributed by atoms with van der Waals surface area (Å²) in [4.78, 5) is 12.1. The summed E-state index contributed by atoms with van der Waals surface area (Å²) in [5.74, 6) is 1.48. The molecule has 0 bridgehead atoms. The standard InChI is InChI=1S/C15H22N2O2.ClH/c1-10(13-8-16-9-13)15(18)17-11(2)12-5-4-6-14(7-12)19-3;/h4-7,10-11,13,16H,8-9H2,1-3H3,(H,17,18);1H. The van der Waals surface area contributed by atoms with Crippen molar-refractivity contribution in [3.63, 3.8) is 0 Å². The molecule has 2 unspecified atom stereocenters. The van der Waals surface area contributed by atoms with Gasteiger partial charge in [-0.05, 0) is 43.6 Å². The normalized spacial score (nSPS) is 17.4. The first-order valence-electron chi connectivity index (χ1n) is 6.77. The van der Waals surface area contributed by atoms with Gasteiger partial charge in [-0.3, -0.25) is 4.79 Å². The molecule has 0 aliphatic carbocycles. The van der Waals surface area contributed by atoms with E-state index >= 15 is 0 Å². The Labute approximate surface area is 126 Å². The summed E-state index contributed by atoms with van der Waals surface area (Å²) in [7, 11) is 1.65. The minimum atomic E-state index is -0.00177. The highest BCUT2D eigenvalue weighted by molar-refractivity contribution is 5.85. The number of ether oxygens (including phenoxy) is 1. The van der Waals surface area contributed by atoms with E-state index in [1.54, 1.807) is 7.11 Å². The number of carbonyl (C=O) groups is 1. The lowest BCUT2D eigenvalue weighted by Crippen LogP contribution is -2.49. The lowest BCUT2D eigenvalue weighted by molar-refractivity contribution is -0.127. The van der Waals surface area contributed by atoms with E-state index in [1.807, 2.05) is 38.1 Å². The van der Waals surface area contributed by atoms with Crippen molar-refractivity contribution in [1.82, 2.24) is 10.6 Å². The zero-order valence-corrected chi connectivity index (χ0v) is 13.0. The Bertz CT molecular complexity index is 449. The third-order valence-corrected chi connectivity index (χ3v) is 3.89. The molecule has 0 radical (unpaired) electrons. The molecular weight excluding hydrogens is 276 g/mol. The van der Waals surface area contributed by atoms with Crippen molar-refractivity contribution in [2.75, 3.05) is 20.2 Å². The molecule has 0 aromatic heterocycles. The highest BCUT2D eigenvalue weighted by Gasteiger charge is 2.29. The van der Waals surface area contributed by atoms with Crippen molar-refractivity contribution >= 4 is 18.3 Å². The molecule has 4 nitrogen and oxygen atoms in total. The molecule has 112 valence electrons. The number of benzene rings is 1. The smallest absolute Gasteiger partial charge is 0.223 e. The van der Waals surface area contributed by atoms with Crippen LogP contribution in [-0.4, -0.2) is 26.1 Å². The average Bonchev–Trinajstić information content (AvgIpc) is 2.36. The van der Waals surface area contributed by atoms with Crippen LogP contribution in [0.15, 0.2) is 24.3 Å². The first-order chi connectivity index (χ1) is 9.11. The Balaban J connectivity index is 0.00000200. The highest BCUT2D eigenvalue weighted by atomic mass is 35.5. The monoisotopic (exact) mass is 298 g/mol. The lowest BCUT2D eigenvalue weighted by Gasteiger charge is -2.32. The van der Waals surface area contributed by atoms with Crippen LogP contribution >= 0.6 is 12.4 Å². The molecule has 0 spiro atoms. The van der Waals surface area contributed by atoms with Crippen molar-refractivity contribution in [3.05, 3.63) is 29.8 Å². The predicted octanol–water partition coefficient (Wildman–Crippen LogP) is 2.15. The first-order valence-corrected chi connectivity index (χ1v) is 6.77. The van der Waals surface area contributed by atoms with Gasteiger partial charge in [-0.15, -0.1) is 12.4 Å². The molecule has 1 aromatic rings. The molecule has 0 saturated carbocycles. The van der Waals surface area contributed by atoms with Gasteiger partial charge >= 0.3 is 0 Å². The van der Waals surface area contributed by atoms with Crippen LogP contribution in [0, 0.1) is 11.8 Å². The second-order valence-corrected chi connectivity index (χ2v) is 5.21. The number of carbonyl (C=O) groups excluding carboxylic acids is 1. The van der Waals surface area contributed by atoms with E-state index in [1.165, 1.54) is 0 Å². The molecule has 20 heavy (non-hydrogen) atoms. The SMILES string of the molecule is COc1cccc(C(C)NC(=O)C(C)C2CNC2)c1.Cl. The van der Waals surface area contributed by atoms with E-state index in [4.69, 9.17) is 4.74 Å². The molecular formula is C15H23ClN2O2. The zero-order chi connectivity index (χ0) is 13.8. The molecule has 5 heteroatoms. The fourth-order valence-electron chi connectivity index (χ4n) is 2.22. The van der Waals surface area contributed by atoms with Crippen LogP contribution in [-0.2, 0) is 4.79 Å². The molecule has 2 atom stereocenters. The minimum absolute atomic E-state index is 0. The fraction of sp³-hybridized carbons (Fsp3) is 0.533. The summed E-state index contributed by atoms with van der Waals surface area (Å²) in [6, 6.07) is 7.80. The van der Waals surface area contributed by atoms with Crippen molar-refractivity contribution < 1.29 is 9.53 Å². The second kappa shape index (κ2) is 7.50. The van der Waals surface area contributed by atoms with Crippen molar-refractivity contribution in [2.24, 2.45) is 11.8 Å². The number of hydrogen-bond acceptors (Lipinski definition) is 3. The van der Waals surface area contributed by atoms with E-state index in [-0.39, 0.29) is 30.3 Å². The maximum absolute atomic E-state index is 12.1. The second-order valence-electron chi connectivity index (χ2n) is 5.21. The van der Waals surface area contributed by atoms with Gasteiger partial charge in [0.1, 0.15) is 5.75 Å². The van der Waals surface area contributed by atoms with E-state index < -0.39 is 0 Å². The van der Waals surface area contributed by atoms with Crippen molar-refractivity contribution in [3.8, 4) is 5.75 Å². The van der Waals surface area contributed by atoms with Crippen LogP contribution in [0.5, 0.6) is 5.75 Å². The van der Waals surface area contributed by atoms with Crippen LogP contribution in [0.3, 0.4) is 0 Å². The Morgan fingerprint density at radius 2 is 2.10 bits per heavy atom. The molecule has 1 saturated heterocycles. The van der Waals surface area contributed by atoms with Gasteiger partial charge in [0.15, 0.2) is 0 Å². The molecule has 1 aliphatic heterocycles. The summed E-state index contributed by atoms with van der Waals surface area (Å²) in [5, 5.41) is 6.27. The highest BCUT2D eigenvalue weighted by Crippen LogP contribution is 2.21.